The fourth-order valence-corrected chi connectivity index (χ4v) is 1.07. The maximum absolute atomic E-state index is 10.7. The first-order valence-electron chi connectivity index (χ1n) is 3.46. The first kappa shape index (κ1) is 8.35. The lowest BCUT2D eigenvalue weighted by Gasteiger charge is -2.01. The van der Waals surface area contributed by atoms with Crippen LogP contribution in [0, 0.1) is 19.3 Å². The van der Waals surface area contributed by atoms with Crippen LogP contribution in [-0.2, 0) is 0 Å². The summed E-state index contributed by atoms with van der Waals surface area (Å²) in [6.07, 6.45) is 5.14. The minimum atomic E-state index is -0.971. The third-order valence-electron chi connectivity index (χ3n) is 1.64. The molecule has 0 spiro atoms. The minimum absolute atomic E-state index is 0.222. The van der Waals surface area contributed by atoms with E-state index in [4.69, 9.17) is 11.5 Å². The molecule has 0 atom stereocenters. The van der Waals surface area contributed by atoms with E-state index in [0.29, 0.717) is 11.1 Å². The summed E-state index contributed by atoms with van der Waals surface area (Å²) >= 11 is 0. The standard InChI is InChI=1S/C10H8O2/c1-3-8-6-4-5-7(2)9(8)10(11)12/h1,4-6H,2H3,(H,11,12). The van der Waals surface area contributed by atoms with Crippen molar-refractivity contribution in [1.29, 1.82) is 0 Å². The second-order valence-corrected chi connectivity index (χ2v) is 2.45. The molecule has 0 radical (unpaired) electrons. The van der Waals surface area contributed by atoms with Crippen molar-refractivity contribution in [3.8, 4) is 12.3 Å². The van der Waals surface area contributed by atoms with Crippen molar-refractivity contribution in [2.75, 3.05) is 0 Å². The van der Waals surface area contributed by atoms with Gasteiger partial charge in [-0.3, -0.25) is 0 Å². The molecule has 2 nitrogen and oxygen atoms in total. The summed E-state index contributed by atoms with van der Waals surface area (Å²) in [7, 11) is 0. The van der Waals surface area contributed by atoms with Crippen molar-refractivity contribution in [3.63, 3.8) is 0 Å². The molecule has 0 bridgehead atoms. The van der Waals surface area contributed by atoms with E-state index in [-0.39, 0.29) is 5.56 Å². The summed E-state index contributed by atoms with van der Waals surface area (Å²) in [5, 5.41) is 8.78. The van der Waals surface area contributed by atoms with Gasteiger partial charge >= 0.3 is 5.97 Å². The number of hydrogen-bond donors (Lipinski definition) is 1. The SMILES string of the molecule is C#Cc1cccc(C)c1C(=O)O. The molecule has 0 saturated heterocycles. The molecular weight excluding hydrogens is 152 g/mol. The first-order chi connectivity index (χ1) is 5.66. The van der Waals surface area contributed by atoms with Crippen LogP contribution in [-0.4, -0.2) is 11.1 Å². The average molecular weight is 160 g/mol. The van der Waals surface area contributed by atoms with Crippen LogP contribution < -0.4 is 0 Å². The molecule has 2 heteroatoms. The minimum Gasteiger partial charge on any atom is -0.478 e. The number of terminal acetylenes is 1. The molecule has 12 heavy (non-hydrogen) atoms. The maximum Gasteiger partial charge on any atom is 0.337 e. The van der Waals surface area contributed by atoms with Crippen LogP contribution in [0.25, 0.3) is 0 Å². The van der Waals surface area contributed by atoms with Crippen molar-refractivity contribution < 1.29 is 9.90 Å². The summed E-state index contributed by atoms with van der Waals surface area (Å²) < 4.78 is 0. The molecule has 1 aromatic rings. The summed E-state index contributed by atoms with van der Waals surface area (Å²) in [4.78, 5) is 10.7. The Morgan fingerprint density at radius 2 is 2.25 bits per heavy atom. The molecule has 1 aromatic carbocycles. The zero-order chi connectivity index (χ0) is 9.14. The van der Waals surface area contributed by atoms with Crippen LogP contribution in [0.4, 0.5) is 0 Å². The van der Waals surface area contributed by atoms with E-state index in [1.54, 1.807) is 25.1 Å². The Labute approximate surface area is 70.8 Å². The smallest absolute Gasteiger partial charge is 0.337 e. The topological polar surface area (TPSA) is 37.3 Å². The second-order valence-electron chi connectivity index (χ2n) is 2.45. The molecule has 0 heterocycles. The number of carboxylic acids is 1. The summed E-state index contributed by atoms with van der Waals surface area (Å²) in [5.41, 5.74) is 1.35. The molecular formula is C10H8O2. The Bertz CT molecular complexity index is 359. The fourth-order valence-electron chi connectivity index (χ4n) is 1.07. The van der Waals surface area contributed by atoms with Crippen LogP contribution in [0.5, 0.6) is 0 Å². The number of carbonyl (C=O) groups is 1. The highest BCUT2D eigenvalue weighted by Crippen LogP contribution is 2.12. The molecule has 1 rings (SSSR count). The number of carboxylic acid groups (broad SMARTS) is 1. The summed E-state index contributed by atoms with van der Waals surface area (Å²) in [6, 6.07) is 5.09. The van der Waals surface area contributed by atoms with Crippen molar-refractivity contribution in [3.05, 3.63) is 34.9 Å². The number of hydrogen-bond acceptors (Lipinski definition) is 1. The van der Waals surface area contributed by atoms with Gasteiger partial charge in [0.2, 0.25) is 0 Å². The highest BCUT2D eigenvalue weighted by atomic mass is 16.4. The molecule has 0 aliphatic carbocycles. The Balaban J connectivity index is 3.42. The average Bonchev–Trinajstić information content (AvgIpc) is 2.03. The molecule has 0 aromatic heterocycles. The maximum atomic E-state index is 10.7. The van der Waals surface area contributed by atoms with Gasteiger partial charge in [0.05, 0.1) is 5.56 Å². The van der Waals surface area contributed by atoms with Crippen LogP contribution in [0.1, 0.15) is 21.5 Å². The first-order valence-corrected chi connectivity index (χ1v) is 3.46. The Morgan fingerprint density at radius 3 is 2.67 bits per heavy atom. The second kappa shape index (κ2) is 3.10. The third kappa shape index (κ3) is 1.30. The summed E-state index contributed by atoms with van der Waals surface area (Å²) in [6.45, 7) is 1.73. The highest BCUT2D eigenvalue weighted by molar-refractivity contribution is 5.92. The number of rotatable bonds is 1. The monoisotopic (exact) mass is 160 g/mol. The van der Waals surface area contributed by atoms with E-state index in [1.165, 1.54) is 0 Å². The Morgan fingerprint density at radius 1 is 1.58 bits per heavy atom. The van der Waals surface area contributed by atoms with Crippen LogP contribution in [0.3, 0.4) is 0 Å². The molecule has 0 amide bonds. The van der Waals surface area contributed by atoms with Crippen molar-refractivity contribution >= 4 is 5.97 Å². The van der Waals surface area contributed by atoms with E-state index in [1.807, 2.05) is 0 Å². The van der Waals surface area contributed by atoms with Gasteiger partial charge in [-0.15, -0.1) is 6.42 Å². The van der Waals surface area contributed by atoms with Gasteiger partial charge < -0.3 is 5.11 Å². The largest absolute Gasteiger partial charge is 0.478 e. The van der Waals surface area contributed by atoms with Crippen LogP contribution in [0.15, 0.2) is 18.2 Å². The van der Waals surface area contributed by atoms with Gasteiger partial charge in [0, 0.05) is 5.56 Å². The van der Waals surface area contributed by atoms with Gasteiger partial charge in [0.15, 0.2) is 0 Å². The molecule has 0 saturated carbocycles. The van der Waals surface area contributed by atoms with E-state index < -0.39 is 5.97 Å². The van der Waals surface area contributed by atoms with Crippen LogP contribution in [0.2, 0.25) is 0 Å². The Hall–Kier alpha value is -1.75. The molecule has 0 aliphatic rings. The Kier molecular flexibility index (Phi) is 2.16. The molecule has 0 unspecified atom stereocenters. The van der Waals surface area contributed by atoms with Gasteiger partial charge in [-0.05, 0) is 18.6 Å². The summed E-state index contributed by atoms with van der Waals surface area (Å²) in [5.74, 6) is 1.37. The van der Waals surface area contributed by atoms with Gasteiger partial charge in [-0.1, -0.05) is 18.1 Å². The molecule has 1 N–H and O–H groups in total. The molecule has 0 fully saturated rings. The number of benzene rings is 1. The molecule has 0 aliphatic heterocycles. The van der Waals surface area contributed by atoms with Crippen molar-refractivity contribution in [2.24, 2.45) is 0 Å². The van der Waals surface area contributed by atoms with Gasteiger partial charge in [-0.2, -0.15) is 0 Å². The lowest BCUT2D eigenvalue weighted by Crippen LogP contribution is -2.02. The lowest BCUT2D eigenvalue weighted by molar-refractivity contribution is 0.0696. The fraction of sp³-hybridized carbons (Fsp3) is 0.100. The highest BCUT2D eigenvalue weighted by Gasteiger charge is 2.10. The van der Waals surface area contributed by atoms with E-state index in [9.17, 15) is 4.79 Å². The quantitative estimate of drug-likeness (QED) is 0.634. The molecule has 60 valence electrons. The van der Waals surface area contributed by atoms with Gasteiger partial charge in [0.1, 0.15) is 0 Å². The zero-order valence-corrected chi connectivity index (χ0v) is 6.66. The number of aryl methyl sites for hydroxylation is 1. The van der Waals surface area contributed by atoms with Gasteiger partial charge in [-0.25, -0.2) is 4.79 Å². The van der Waals surface area contributed by atoms with Crippen molar-refractivity contribution in [2.45, 2.75) is 6.92 Å². The van der Waals surface area contributed by atoms with E-state index >= 15 is 0 Å². The van der Waals surface area contributed by atoms with E-state index in [2.05, 4.69) is 5.92 Å². The number of aromatic carboxylic acids is 1. The normalized spacial score (nSPS) is 9.00. The third-order valence-corrected chi connectivity index (χ3v) is 1.64. The lowest BCUT2D eigenvalue weighted by atomic mass is 10.0. The zero-order valence-electron chi connectivity index (χ0n) is 6.66. The van der Waals surface area contributed by atoms with E-state index in [0.717, 1.165) is 0 Å². The van der Waals surface area contributed by atoms with Gasteiger partial charge in [0.25, 0.3) is 0 Å². The van der Waals surface area contributed by atoms with Crippen LogP contribution >= 0.6 is 0 Å². The predicted octanol–water partition coefficient (Wildman–Crippen LogP) is 1.67. The van der Waals surface area contributed by atoms with Crippen molar-refractivity contribution in [1.82, 2.24) is 0 Å². The predicted molar refractivity (Wildman–Crippen MR) is 46.1 cm³/mol.